The Morgan fingerprint density at radius 2 is 2.04 bits per heavy atom. The molecule has 144 valence electrons. The SMILES string of the molecule is Cc1ncc(-c2ccc(F)c(C(F)F)c2)cc1CN(C)CC1(OC=O)CC1. The third-order valence-corrected chi connectivity index (χ3v) is 4.86. The minimum absolute atomic E-state index is 0.390. The normalized spacial score (nSPS) is 15.2. The molecule has 0 unspecified atom stereocenters. The van der Waals surface area contributed by atoms with E-state index in [2.05, 4.69) is 4.98 Å². The highest BCUT2D eigenvalue weighted by atomic mass is 19.3. The topological polar surface area (TPSA) is 42.4 Å². The Labute approximate surface area is 156 Å². The number of benzene rings is 1. The Balaban J connectivity index is 1.80. The van der Waals surface area contributed by atoms with Gasteiger partial charge in [0.15, 0.2) is 0 Å². The van der Waals surface area contributed by atoms with Gasteiger partial charge in [0.2, 0.25) is 0 Å². The van der Waals surface area contributed by atoms with Crippen LogP contribution in [0.25, 0.3) is 11.1 Å². The van der Waals surface area contributed by atoms with Crippen LogP contribution in [0.5, 0.6) is 0 Å². The van der Waals surface area contributed by atoms with E-state index in [1.54, 1.807) is 6.20 Å². The second-order valence-electron chi connectivity index (χ2n) is 7.07. The molecule has 3 rings (SSSR count). The number of nitrogens with zero attached hydrogens (tertiary/aromatic N) is 2. The van der Waals surface area contributed by atoms with Crippen molar-refractivity contribution in [3.63, 3.8) is 0 Å². The van der Waals surface area contributed by atoms with E-state index >= 15 is 0 Å². The van der Waals surface area contributed by atoms with E-state index in [1.165, 1.54) is 6.07 Å². The number of rotatable bonds is 8. The first-order chi connectivity index (χ1) is 12.8. The molecule has 1 aliphatic rings. The number of hydrogen-bond donors (Lipinski definition) is 0. The van der Waals surface area contributed by atoms with Crippen molar-refractivity contribution in [1.82, 2.24) is 9.88 Å². The summed E-state index contributed by atoms with van der Waals surface area (Å²) in [6, 6.07) is 5.56. The molecule has 0 N–H and O–H groups in total. The second-order valence-corrected chi connectivity index (χ2v) is 7.07. The van der Waals surface area contributed by atoms with Crippen LogP contribution in [0.2, 0.25) is 0 Å². The van der Waals surface area contributed by atoms with Gasteiger partial charge in [-0.15, -0.1) is 0 Å². The minimum atomic E-state index is -2.87. The Morgan fingerprint density at radius 1 is 1.30 bits per heavy atom. The summed E-state index contributed by atoms with van der Waals surface area (Å²) in [5, 5.41) is 0. The van der Waals surface area contributed by atoms with Gasteiger partial charge in [-0.25, -0.2) is 13.2 Å². The van der Waals surface area contributed by atoms with E-state index in [9.17, 15) is 18.0 Å². The summed E-state index contributed by atoms with van der Waals surface area (Å²) >= 11 is 0. The first-order valence-electron chi connectivity index (χ1n) is 8.67. The monoisotopic (exact) mass is 378 g/mol. The third kappa shape index (κ3) is 4.47. The van der Waals surface area contributed by atoms with Crippen molar-refractivity contribution >= 4 is 6.47 Å². The van der Waals surface area contributed by atoms with E-state index in [4.69, 9.17) is 4.74 Å². The molecule has 0 spiro atoms. The number of ether oxygens (including phenoxy) is 1. The number of carbonyl (C=O) groups is 1. The predicted octanol–water partition coefficient (Wildman–Crippen LogP) is 4.27. The maximum atomic E-state index is 13.5. The molecule has 2 aromatic rings. The lowest BCUT2D eigenvalue weighted by Crippen LogP contribution is -2.32. The second kappa shape index (κ2) is 7.68. The number of halogens is 3. The number of hydrogen-bond acceptors (Lipinski definition) is 4. The molecule has 0 bridgehead atoms. The summed E-state index contributed by atoms with van der Waals surface area (Å²) in [5.41, 5.74) is 1.89. The van der Waals surface area contributed by atoms with Crippen LogP contribution in [0.4, 0.5) is 13.2 Å². The zero-order valence-electron chi connectivity index (χ0n) is 15.2. The summed E-state index contributed by atoms with van der Waals surface area (Å²) in [6.07, 6.45) is 0.416. The quantitative estimate of drug-likeness (QED) is 0.644. The molecule has 0 aliphatic heterocycles. The molecule has 1 fully saturated rings. The van der Waals surface area contributed by atoms with Gasteiger partial charge in [0, 0.05) is 30.5 Å². The highest BCUT2D eigenvalue weighted by Gasteiger charge is 2.46. The summed E-state index contributed by atoms with van der Waals surface area (Å²) < 4.78 is 44.6. The van der Waals surface area contributed by atoms with Crippen LogP contribution < -0.4 is 0 Å². The third-order valence-electron chi connectivity index (χ3n) is 4.86. The Bertz CT molecular complexity index is 838. The van der Waals surface area contributed by atoms with Crippen molar-refractivity contribution in [2.75, 3.05) is 13.6 Å². The van der Waals surface area contributed by atoms with Crippen LogP contribution in [0.15, 0.2) is 30.5 Å². The van der Waals surface area contributed by atoms with E-state index in [-0.39, 0.29) is 0 Å². The van der Waals surface area contributed by atoms with E-state index in [1.807, 2.05) is 24.9 Å². The van der Waals surface area contributed by atoms with Gasteiger partial charge in [-0.2, -0.15) is 0 Å². The van der Waals surface area contributed by atoms with Crippen molar-refractivity contribution < 1.29 is 22.7 Å². The summed E-state index contributed by atoms with van der Waals surface area (Å²) in [4.78, 5) is 17.0. The fraction of sp³-hybridized carbons (Fsp3) is 0.400. The summed E-state index contributed by atoms with van der Waals surface area (Å²) in [5.74, 6) is -0.918. The average Bonchev–Trinajstić information content (AvgIpc) is 3.36. The van der Waals surface area contributed by atoms with Crippen LogP contribution in [0.1, 0.15) is 36.1 Å². The van der Waals surface area contributed by atoms with E-state index in [0.29, 0.717) is 30.7 Å². The van der Waals surface area contributed by atoms with Gasteiger partial charge in [0.1, 0.15) is 11.4 Å². The number of alkyl halides is 2. The van der Waals surface area contributed by atoms with Crippen LogP contribution in [-0.4, -0.2) is 35.5 Å². The molecule has 1 aromatic carbocycles. The van der Waals surface area contributed by atoms with Gasteiger partial charge in [-0.1, -0.05) is 6.07 Å². The standard InChI is InChI=1S/C20H21F3N2O2/c1-13-16(10-25(2)11-20(5-6-20)27-12-26)7-15(9-24-13)14-3-4-18(21)17(8-14)19(22)23/h3-4,7-9,12,19H,5-6,10-11H2,1-2H3. The van der Waals surface area contributed by atoms with Gasteiger partial charge in [-0.05, 0) is 56.1 Å². The highest BCUT2D eigenvalue weighted by molar-refractivity contribution is 5.64. The van der Waals surface area contributed by atoms with Gasteiger partial charge in [0.25, 0.3) is 12.9 Å². The molecular weight excluding hydrogens is 357 g/mol. The lowest BCUT2D eigenvalue weighted by atomic mass is 10.0. The first kappa shape index (κ1) is 19.4. The molecule has 0 atom stereocenters. The number of aromatic nitrogens is 1. The molecule has 4 nitrogen and oxygen atoms in total. The summed E-state index contributed by atoms with van der Waals surface area (Å²) in [7, 11) is 1.92. The van der Waals surface area contributed by atoms with Crippen molar-refractivity contribution in [2.24, 2.45) is 0 Å². The van der Waals surface area contributed by atoms with Gasteiger partial charge in [-0.3, -0.25) is 14.7 Å². The van der Waals surface area contributed by atoms with Crippen molar-refractivity contribution in [3.05, 3.63) is 53.1 Å². The number of pyridine rings is 1. The van der Waals surface area contributed by atoms with Crippen molar-refractivity contribution in [2.45, 2.75) is 38.3 Å². The Hall–Kier alpha value is -2.41. The molecule has 1 heterocycles. The molecule has 1 aliphatic carbocycles. The molecule has 0 radical (unpaired) electrons. The number of carbonyl (C=O) groups excluding carboxylic acids is 1. The molecule has 7 heteroatoms. The highest BCUT2D eigenvalue weighted by Crippen LogP contribution is 2.39. The zero-order valence-corrected chi connectivity index (χ0v) is 15.2. The molecular formula is C20H21F3N2O2. The Morgan fingerprint density at radius 3 is 2.67 bits per heavy atom. The zero-order chi connectivity index (χ0) is 19.6. The van der Waals surface area contributed by atoms with Gasteiger partial charge in [0.05, 0.1) is 5.56 Å². The fourth-order valence-corrected chi connectivity index (χ4v) is 3.18. The maximum Gasteiger partial charge on any atom is 0.293 e. The fourth-order valence-electron chi connectivity index (χ4n) is 3.18. The van der Waals surface area contributed by atoms with Gasteiger partial charge < -0.3 is 4.74 Å². The lowest BCUT2D eigenvalue weighted by Gasteiger charge is -2.23. The largest absolute Gasteiger partial charge is 0.460 e. The maximum absolute atomic E-state index is 13.5. The lowest BCUT2D eigenvalue weighted by molar-refractivity contribution is -0.136. The minimum Gasteiger partial charge on any atom is -0.460 e. The van der Waals surface area contributed by atoms with E-state index in [0.717, 1.165) is 36.2 Å². The average molecular weight is 378 g/mol. The van der Waals surface area contributed by atoms with Gasteiger partial charge >= 0.3 is 0 Å². The summed E-state index contributed by atoms with van der Waals surface area (Å²) in [6.45, 7) is 3.54. The first-order valence-corrected chi connectivity index (χ1v) is 8.67. The molecule has 0 saturated heterocycles. The van der Waals surface area contributed by atoms with Crippen molar-refractivity contribution in [3.8, 4) is 11.1 Å². The van der Waals surface area contributed by atoms with Crippen LogP contribution in [0.3, 0.4) is 0 Å². The number of likely N-dealkylation sites (N-methyl/N-ethyl adjacent to an activating group) is 1. The molecule has 1 aromatic heterocycles. The van der Waals surface area contributed by atoms with Crippen LogP contribution in [-0.2, 0) is 16.1 Å². The smallest absolute Gasteiger partial charge is 0.293 e. The van der Waals surface area contributed by atoms with Crippen molar-refractivity contribution in [1.29, 1.82) is 0 Å². The number of aryl methyl sites for hydroxylation is 1. The van der Waals surface area contributed by atoms with Crippen LogP contribution >= 0.6 is 0 Å². The Kier molecular flexibility index (Phi) is 5.51. The van der Waals surface area contributed by atoms with E-state index < -0.39 is 23.4 Å². The predicted molar refractivity (Wildman–Crippen MR) is 94.8 cm³/mol. The molecule has 1 saturated carbocycles. The molecule has 27 heavy (non-hydrogen) atoms. The van der Waals surface area contributed by atoms with Crippen LogP contribution in [0, 0.1) is 12.7 Å². The molecule has 0 amide bonds.